The zero-order valence-electron chi connectivity index (χ0n) is 22.8. The van der Waals surface area contributed by atoms with E-state index in [2.05, 4.69) is 55.4 Å². The summed E-state index contributed by atoms with van der Waals surface area (Å²) in [6.07, 6.45) is 5.62. The molecule has 0 saturated heterocycles. The van der Waals surface area contributed by atoms with E-state index in [0.29, 0.717) is 22.8 Å². The normalized spacial score (nSPS) is 15.9. The Labute approximate surface area is 202 Å². The summed E-state index contributed by atoms with van der Waals surface area (Å²) in [4.78, 5) is 24.4. The van der Waals surface area contributed by atoms with E-state index in [1.54, 1.807) is 12.1 Å². The van der Waals surface area contributed by atoms with Crippen LogP contribution in [0.3, 0.4) is 0 Å². The predicted molar refractivity (Wildman–Crippen MR) is 136 cm³/mol. The van der Waals surface area contributed by atoms with Crippen LogP contribution in [0.2, 0.25) is 0 Å². The first kappa shape index (κ1) is 29.2. The van der Waals surface area contributed by atoms with Crippen molar-refractivity contribution in [1.29, 1.82) is 0 Å². The van der Waals surface area contributed by atoms with Gasteiger partial charge in [-0.15, -0.1) is 0 Å². The summed E-state index contributed by atoms with van der Waals surface area (Å²) < 4.78 is 10.8. The van der Waals surface area contributed by atoms with Gasteiger partial charge in [-0.1, -0.05) is 86.8 Å². The Bertz CT molecular complexity index is 741. The Morgan fingerprint density at radius 3 is 1.88 bits per heavy atom. The Balaban J connectivity index is 0.000000981. The molecule has 0 heterocycles. The number of hydrogen-bond acceptors (Lipinski definition) is 4. The van der Waals surface area contributed by atoms with Crippen LogP contribution in [-0.2, 0) is 14.3 Å². The number of hydrogen-bond donors (Lipinski definition) is 0. The molecule has 1 atom stereocenters. The minimum absolute atomic E-state index is 0.192. The van der Waals surface area contributed by atoms with Crippen molar-refractivity contribution in [3.63, 3.8) is 0 Å². The van der Waals surface area contributed by atoms with E-state index in [4.69, 9.17) is 9.47 Å². The molecule has 4 heteroatoms. The summed E-state index contributed by atoms with van der Waals surface area (Å²) in [7, 11) is 0. The monoisotopic (exact) mass is 460 g/mol. The second kappa shape index (κ2) is 12.0. The molecular weight excluding hydrogens is 412 g/mol. The Hall–Kier alpha value is -1.84. The maximum absolute atomic E-state index is 12.3. The molecular formula is C29H48O4. The van der Waals surface area contributed by atoms with Crippen molar-refractivity contribution in [2.24, 2.45) is 16.7 Å². The molecule has 2 rings (SSSR count). The lowest BCUT2D eigenvalue weighted by atomic mass is 9.74. The number of esters is 2. The Morgan fingerprint density at radius 2 is 1.42 bits per heavy atom. The molecule has 1 saturated carbocycles. The second-order valence-electron chi connectivity index (χ2n) is 12.3. The van der Waals surface area contributed by atoms with Crippen molar-refractivity contribution in [2.75, 3.05) is 6.61 Å². The third-order valence-electron chi connectivity index (χ3n) is 6.77. The fourth-order valence-corrected chi connectivity index (χ4v) is 3.90. The van der Waals surface area contributed by atoms with Crippen LogP contribution in [0.25, 0.3) is 0 Å². The lowest BCUT2D eigenvalue weighted by molar-refractivity contribution is -0.165. The van der Waals surface area contributed by atoms with E-state index in [9.17, 15) is 9.59 Å². The lowest BCUT2D eigenvalue weighted by Gasteiger charge is -2.31. The van der Waals surface area contributed by atoms with Gasteiger partial charge in [0.05, 0.1) is 5.56 Å². The average molecular weight is 461 g/mol. The summed E-state index contributed by atoms with van der Waals surface area (Å²) in [6.45, 7) is 21.2. The van der Waals surface area contributed by atoms with Crippen LogP contribution >= 0.6 is 0 Å². The first-order valence-electron chi connectivity index (χ1n) is 12.6. The topological polar surface area (TPSA) is 52.6 Å². The molecule has 1 aliphatic carbocycles. The van der Waals surface area contributed by atoms with E-state index in [-0.39, 0.29) is 12.0 Å². The first-order valence-corrected chi connectivity index (χ1v) is 12.6. The van der Waals surface area contributed by atoms with Crippen molar-refractivity contribution in [1.82, 2.24) is 0 Å². The molecule has 33 heavy (non-hydrogen) atoms. The number of rotatable bonds is 8. The molecule has 0 aromatic heterocycles. The van der Waals surface area contributed by atoms with Crippen molar-refractivity contribution in [3.05, 3.63) is 35.4 Å². The largest absolute Gasteiger partial charge is 0.457 e. The van der Waals surface area contributed by atoms with Gasteiger partial charge < -0.3 is 9.47 Å². The highest BCUT2D eigenvalue weighted by Crippen LogP contribution is 2.38. The molecule has 1 aromatic rings. The highest BCUT2D eigenvalue weighted by atomic mass is 16.6. The van der Waals surface area contributed by atoms with Gasteiger partial charge in [-0.05, 0) is 67.1 Å². The van der Waals surface area contributed by atoms with Gasteiger partial charge in [0.15, 0.2) is 6.61 Å². The van der Waals surface area contributed by atoms with Gasteiger partial charge in [0.25, 0.3) is 0 Å². The minimum atomic E-state index is -0.510. The number of carbonyl (C=O) groups is 2. The second-order valence-corrected chi connectivity index (χ2v) is 12.3. The van der Waals surface area contributed by atoms with Gasteiger partial charge in [0, 0.05) is 0 Å². The van der Waals surface area contributed by atoms with Gasteiger partial charge in [-0.25, -0.2) is 9.59 Å². The number of carbonyl (C=O) groups excluding carboxylic acids is 2. The van der Waals surface area contributed by atoms with Gasteiger partial charge in [0.2, 0.25) is 0 Å². The highest BCUT2D eigenvalue weighted by molar-refractivity contribution is 5.90. The third kappa shape index (κ3) is 10.3. The molecule has 1 aliphatic rings. The van der Waals surface area contributed by atoms with Crippen molar-refractivity contribution < 1.29 is 19.1 Å². The van der Waals surface area contributed by atoms with Gasteiger partial charge >= 0.3 is 11.9 Å². The van der Waals surface area contributed by atoms with E-state index in [1.807, 2.05) is 26.0 Å². The molecule has 1 unspecified atom stereocenters. The molecule has 1 aromatic carbocycles. The standard InChI is InChI=1S/C24H36O4.C5H12/c1-7-23(3,4)17(2)18-12-14-19(15-13-18)22(26)27-16-21(25)28-24(5,6)20-10-8-9-11-20;1-5(2,3)4/h12-15,17,20H,7-11,16H2,1-6H3;1-4H3. The molecule has 0 radical (unpaired) electrons. The quantitative estimate of drug-likeness (QED) is 0.369. The summed E-state index contributed by atoms with van der Waals surface area (Å²) in [5, 5.41) is 0. The van der Waals surface area contributed by atoms with Crippen molar-refractivity contribution in [3.8, 4) is 0 Å². The van der Waals surface area contributed by atoms with E-state index in [1.165, 1.54) is 18.4 Å². The van der Waals surface area contributed by atoms with E-state index >= 15 is 0 Å². The molecule has 4 nitrogen and oxygen atoms in total. The fraction of sp³-hybridized carbons (Fsp3) is 0.724. The molecule has 0 N–H and O–H groups in total. The number of ether oxygens (including phenoxy) is 2. The van der Waals surface area contributed by atoms with Crippen LogP contribution in [0.5, 0.6) is 0 Å². The van der Waals surface area contributed by atoms with E-state index < -0.39 is 17.5 Å². The third-order valence-corrected chi connectivity index (χ3v) is 6.77. The summed E-state index contributed by atoms with van der Waals surface area (Å²) in [5.74, 6) is -0.214. The van der Waals surface area contributed by atoms with Gasteiger partial charge in [-0.3, -0.25) is 0 Å². The SMILES string of the molecule is CC(C)(C)C.CCC(C)(C)C(C)c1ccc(C(=O)OCC(=O)OC(C)(C)C2CCCC2)cc1. The van der Waals surface area contributed by atoms with E-state index in [0.717, 1.165) is 19.3 Å². The predicted octanol–water partition coefficient (Wildman–Crippen LogP) is 7.95. The van der Waals surface area contributed by atoms with Crippen LogP contribution in [0.4, 0.5) is 0 Å². The smallest absolute Gasteiger partial charge is 0.344 e. The lowest BCUT2D eigenvalue weighted by Crippen LogP contribution is -2.36. The molecule has 1 fully saturated rings. The zero-order chi connectivity index (χ0) is 25.4. The summed E-state index contributed by atoms with van der Waals surface area (Å²) in [5.41, 5.74) is 1.83. The molecule has 0 bridgehead atoms. The average Bonchev–Trinajstić information content (AvgIpc) is 3.26. The van der Waals surface area contributed by atoms with Crippen LogP contribution < -0.4 is 0 Å². The molecule has 188 valence electrons. The van der Waals surface area contributed by atoms with Crippen molar-refractivity contribution in [2.45, 2.75) is 113 Å². The highest BCUT2D eigenvalue weighted by Gasteiger charge is 2.35. The van der Waals surface area contributed by atoms with Crippen LogP contribution in [0, 0.1) is 16.7 Å². The van der Waals surface area contributed by atoms with Crippen LogP contribution in [0.1, 0.15) is 123 Å². The molecule has 0 amide bonds. The minimum Gasteiger partial charge on any atom is -0.457 e. The van der Waals surface area contributed by atoms with Gasteiger partial charge in [0.1, 0.15) is 5.60 Å². The Morgan fingerprint density at radius 1 is 0.939 bits per heavy atom. The molecule has 0 aliphatic heterocycles. The summed E-state index contributed by atoms with van der Waals surface area (Å²) in [6, 6.07) is 7.49. The number of benzene rings is 1. The van der Waals surface area contributed by atoms with Crippen LogP contribution in [0.15, 0.2) is 24.3 Å². The zero-order valence-corrected chi connectivity index (χ0v) is 22.8. The van der Waals surface area contributed by atoms with Crippen molar-refractivity contribution >= 4 is 11.9 Å². The Kier molecular flexibility index (Phi) is 10.6. The maximum atomic E-state index is 12.3. The fourth-order valence-electron chi connectivity index (χ4n) is 3.90. The van der Waals surface area contributed by atoms with Crippen LogP contribution in [-0.4, -0.2) is 24.1 Å². The molecule has 0 spiro atoms. The summed E-state index contributed by atoms with van der Waals surface area (Å²) >= 11 is 0. The maximum Gasteiger partial charge on any atom is 0.344 e. The van der Waals surface area contributed by atoms with Gasteiger partial charge in [-0.2, -0.15) is 0 Å². The first-order chi connectivity index (χ1) is 15.1.